The Hall–Kier alpha value is -1.29. The molecule has 2 atom stereocenters. The number of hydrogen-bond acceptors (Lipinski definition) is 3. The lowest BCUT2D eigenvalue weighted by atomic mass is 10.1. The van der Waals surface area contributed by atoms with Crippen LogP contribution in [-0.4, -0.2) is 22.9 Å². The van der Waals surface area contributed by atoms with Crippen molar-refractivity contribution in [2.24, 2.45) is 5.73 Å². The van der Waals surface area contributed by atoms with Gasteiger partial charge in [-0.05, 0) is 25.0 Å². The quantitative estimate of drug-likeness (QED) is 0.849. The number of rotatable bonds is 2. The van der Waals surface area contributed by atoms with E-state index >= 15 is 0 Å². The van der Waals surface area contributed by atoms with Crippen LogP contribution in [0.15, 0.2) is 22.8 Å². The normalized spacial score (nSPS) is 30.4. The maximum Gasteiger partial charge on any atom is 0.225 e. The van der Waals surface area contributed by atoms with Crippen LogP contribution in [0.25, 0.3) is 0 Å². The Labute approximate surface area is 101 Å². The van der Waals surface area contributed by atoms with Crippen molar-refractivity contribution < 1.29 is 9.21 Å². The average Bonchev–Trinajstić information content (AvgIpc) is 2.98. The SMILES string of the molecule is NC1CC(=O)N(C2CCCC2)C1c1ccco1. The second-order valence-corrected chi connectivity index (χ2v) is 5.07. The number of likely N-dealkylation sites (tertiary alicyclic amines) is 1. The van der Waals surface area contributed by atoms with Gasteiger partial charge < -0.3 is 15.1 Å². The second kappa shape index (κ2) is 4.18. The lowest BCUT2D eigenvalue weighted by molar-refractivity contribution is -0.131. The van der Waals surface area contributed by atoms with Crippen LogP contribution in [0.3, 0.4) is 0 Å². The summed E-state index contributed by atoms with van der Waals surface area (Å²) in [6.07, 6.45) is 6.74. The number of carbonyl (C=O) groups excluding carboxylic acids is 1. The van der Waals surface area contributed by atoms with E-state index in [0.29, 0.717) is 12.5 Å². The minimum absolute atomic E-state index is 0.0550. The summed E-state index contributed by atoms with van der Waals surface area (Å²) in [4.78, 5) is 14.1. The Kier molecular flexibility index (Phi) is 2.67. The van der Waals surface area contributed by atoms with Gasteiger partial charge >= 0.3 is 0 Å². The van der Waals surface area contributed by atoms with Crippen molar-refractivity contribution in [3.05, 3.63) is 24.2 Å². The van der Waals surface area contributed by atoms with Crippen LogP contribution in [0, 0.1) is 0 Å². The summed E-state index contributed by atoms with van der Waals surface area (Å²) in [7, 11) is 0. The van der Waals surface area contributed by atoms with Crippen LogP contribution >= 0.6 is 0 Å². The predicted molar refractivity (Wildman–Crippen MR) is 63.1 cm³/mol. The first-order chi connectivity index (χ1) is 8.27. The molecule has 2 fully saturated rings. The summed E-state index contributed by atoms with van der Waals surface area (Å²) in [5, 5.41) is 0. The van der Waals surface area contributed by atoms with Crippen molar-refractivity contribution in [3.63, 3.8) is 0 Å². The summed E-state index contributed by atoms with van der Waals surface area (Å²) in [6.45, 7) is 0. The summed E-state index contributed by atoms with van der Waals surface area (Å²) in [5.74, 6) is 1.01. The molecule has 0 radical (unpaired) electrons. The molecular formula is C13H18N2O2. The number of nitrogens with two attached hydrogens (primary N) is 1. The highest BCUT2D eigenvalue weighted by molar-refractivity contribution is 5.80. The number of hydrogen-bond donors (Lipinski definition) is 1. The Morgan fingerprint density at radius 2 is 2.12 bits per heavy atom. The summed E-state index contributed by atoms with van der Waals surface area (Å²) < 4.78 is 5.45. The maximum atomic E-state index is 12.1. The molecule has 0 aromatic carbocycles. The van der Waals surface area contributed by atoms with Crippen LogP contribution < -0.4 is 5.73 Å². The van der Waals surface area contributed by atoms with Gasteiger partial charge in [0.05, 0.1) is 6.26 Å². The fourth-order valence-corrected chi connectivity index (χ4v) is 3.20. The van der Waals surface area contributed by atoms with Crippen LogP contribution in [-0.2, 0) is 4.79 Å². The van der Waals surface area contributed by atoms with Crippen LogP contribution in [0.4, 0.5) is 0 Å². The second-order valence-electron chi connectivity index (χ2n) is 5.07. The van der Waals surface area contributed by atoms with Crippen molar-refractivity contribution >= 4 is 5.91 Å². The summed E-state index contributed by atoms with van der Waals surface area (Å²) >= 11 is 0. The van der Waals surface area contributed by atoms with Crippen LogP contribution in [0.1, 0.15) is 43.9 Å². The molecule has 2 N–H and O–H groups in total. The van der Waals surface area contributed by atoms with E-state index in [1.807, 2.05) is 17.0 Å². The molecule has 1 aliphatic carbocycles. The molecule has 2 heterocycles. The van der Waals surface area contributed by atoms with Gasteiger partial charge in [-0.3, -0.25) is 4.79 Å². The van der Waals surface area contributed by atoms with Gasteiger partial charge in [0.25, 0.3) is 0 Å². The fourth-order valence-electron chi connectivity index (χ4n) is 3.20. The first-order valence-corrected chi connectivity index (χ1v) is 6.37. The third kappa shape index (κ3) is 1.76. The van der Waals surface area contributed by atoms with E-state index < -0.39 is 0 Å². The van der Waals surface area contributed by atoms with E-state index in [0.717, 1.165) is 18.6 Å². The van der Waals surface area contributed by atoms with E-state index in [9.17, 15) is 4.79 Å². The standard InChI is InChI=1S/C13H18N2O2/c14-10-8-12(16)15(9-4-1-2-5-9)13(10)11-6-3-7-17-11/h3,6-7,9-10,13H,1-2,4-5,8,14H2. The fraction of sp³-hybridized carbons (Fsp3) is 0.615. The van der Waals surface area contributed by atoms with Gasteiger partial charge in [0, 0.05) is 18.5 Å². The molecule has 0 bridgehead atoms. The maximum absolute atomic E-state index is 12.1. The molecule has 3 rings (SSSR count). The number of nitrogens with zero attached hydrogens (tertiary/aromatic N) is 1. The highest BCUT2D eigenvalue weighted by Gasteiger charge is 2.44. The van der Waals surface area contributed by atoms with Crippen LogP contribution in [0.2, 0.25) is 0 Å². The molecule has 1 aromatic rings. The summed E-state index contributed by atoms with van der Waals surface area (Å²) in [5.41, 5.74) is 6.10. The zero-order chi connectivity index (χ0) is 11.8. The Morgan fingerprint density at radius 1 is 1.35 bits per heavy atom. The summed E-state index contributed by atoms with van der Waals surface area (Å²) in [6, 6.07) is 3.96. The molecule has 2 aliphatic rings. The minimum Gasteiger partial charge on any atom is -0.467 e. The number of furan rings is 1. The van der Waals surface area contributed by atoms with Gasteiger partial charge in [0.2, 0.25) is 5.91 Å². The zero-order valence-corrected chi connectivity index (χ0v) is 9.84. The molecule has 1 aliphatic heterocycles. The number of amides is 1. The molecule has 1 saturated heterocycles. The highest BCUT2D eigenvalue weighted by Crippen LogP contribution is 2.38. The molecule has 2 unspecified atom stereocenters. The Balaban J connectivity index is 1.90. The van der Waals surface area contributed by atoms with E-state index in [-0.39, 0.29) is 18.0 Å². The van der Waals surface area contributed by atoms with Crippen LogP contribution in [0.5, 0.6) is 0 Å². The predicted octanol–water partition coefficient (Wildman–Crippen LogP) is 1.82. The smallest absolute Gasteiger partial charge is 0.225 e. The molecule has 4 heteroatoms. The van der Waals surface area contributed by atoms with Crippen molar-refractivity contribution in [2.75, 3.05) is 0 Å². The largest absolute Gasteiger partial charge is 0.467 e. The first kappa shape index (κ1) is 10.8. The number of carbonyl (C=O) groups is 1. The highest BCUT2D eigenvalue weighted by atomic mass is 16.3. The van der Waals surface area contributed by atoms with Gasteiger partial charge in [-0.25, -0.2) is 0 Å². The van der Waals surface area contributed by atoms with Gasteiger partial charge in [-0.1, -0.05) is 12.8 Å². The van der Waals surface area contributed by atoms with Crippen molar-refractivity contribution in [1.82, 2.24) is 4.90 Å². The van der Waals surface area contributed by atoms with E-state index in [2.05, 4.69) is 0 Å². The van der Waals surface area contributed by atoms with Crippen molar-refractivity contribution in [2.45, 2.75) is 50.2 Å². The van der Waals surface area contributed by atoms with E-state index in [1.54, 1.807) is 6.26 Å². The Morgan fingerprint density at radius 3 is 2.76 bits per heavy atom. The Bertz CT molecular complexity index is 396. The topological polar surface area (TPSA) is 59.5 Å². The molecule has 1 amide bonds. The molecular weight excluding hydrogens is 216 g/mol. The van der Waals surface area contributed by atoms with Gasteiger partial charge in [-0.2, -0.15) is 0 Å². The minimum atomic E-state index is -0.130. The van der Waals surface area contributed by atoms with Gasteiger partial charge in [-0.15, -0.1) is 0 Å². The van der Waals surface area contributed by atoms with Crippen molar-refractivity contribution in [1.29, 1.82) is 0 Å². The van der Waals surface area contributed by atoms with E-state index in [4.69, 9.17) is 10.2 Å². The third-order valence-corrected chi connectivity index (χ3v) is 3.96. The first-order valence-electron chi connectivity index (χ1n) is 6.37. The molecule has 4 nitrogen and oxygen atoms in total. The third-order valence-electron chi connectivity index (χ3n) is 3.96. The average molecular weight is 234 g/mol. The van der Waals surface area contributed by atoms with E-state index in [1.165, 1.54) is 12.8 Å². The molecule has 92 valence electrons. The zero-order valence-electron chi connectivity index (χ0n) is 9.84. The lowest BCUT2D eigenvalue weighted by Crippen LogP contribution is -2.39. The lowest BCUT2D eigenvalue weighted by Gasteiger charge is -2.30. The molecule has 1 saturated carbocycles. The molecule has 0 spiro atoms. The van der Waals surface area contributed by atoms with Crippen molar-refractivity contribution in [3.8, 4) is 0 Å². The molecule has 17 heavy (non-hydrogen) atoms. The molecule has 1 aromatic heterocycles. The monoisotopic (exact) mass is 234 g/mol. The van der Waals surface area contributed by atoms with Gasteiger partial charge in [0.1, 0.15) is 11.8 Å². The van der Waals surface area contributed by atoms with Gasteiger partial charge in [0.15, 0.2) is 0 Å².